The van der Waals surface area contributed by atoms with E-state index in [2.05, 4.69) is 215 Å². The Morgan fingerprint density at radius 1 is 0.259 bits per heavy atom. The minimum absolute atomic E-state index is 1.15. The summed E-state index contributed by atoms with van der Waals surface area (Å²) in [6.07, 6.45) is 0. The third kappa shape index (κ3) is 4.81. The summed E-state index contributed by atoms with van der Waals surface area (Å²) < 4.78 is 4.91. The van der Waals surface area contributed by atoms with Crippen LogP contribution >= 0.6 is 0 Å². The zero-order chi connectivity index (χ0) is 35.6. The van der Waals surface area contributed by atoms with Crippen LogP contribution in [-0.2, 0) is 0 Å². The van der Waals surface area contributed by atoms with Gasteiger partial charge in [0.05, 0.1) is 22.1 Å². The van der Waals surface area contributed by atoms with E-state index in [9.17, 15) is 0 Å². The number of benzene rings is 9. The number of aromatic nitrogens is 2. The summed E-state index contributed by atoms with van der Waals surface area (Å²) in [6, 6.07) is 75.2. The van der Waals surface area contributed by atoms with Gasteiger partial charge in [0.25, 0.3) is 0 Å². The van der Waals surface area contributed by atoms with Crippen molar-refractivity contribution in [2.24, 2.45) is 0 Å². The summed E-state index contributed by atoms with van der Waals surface area (Å²) in [6.45, 7) is 0. The zero-order valence-electron chi connectivity index (χ0n) is 29.5. The molecule has 9 aromatic carbocycles. The van der Waals surface area contributed by atoms with Crippen LogP contribution in [0.5, 0.6) is 0 Å². The molecular formula is C52H34N2. The topological polar surface area (TPSA) is 9.86 Å². The second-order valence-corrected chi connectivity index (χ2v) is 14.2. The van der Waals surface area contributed by atoms with Crippen molar-refractivity contribution in [3.8, 4) is 44.8 Å². The molecule has 0 aliphatic rings. The third-order valence-electron chi connectivity index (χ3n) is 11.1. The maximum Gasteiger partial charge on any atom is 0.0641 e. The minimum atomic E-state index is 1.15. The van der Waals surface area contributed by atoms with Crippen LogP contribution in [0.3, 0.4) is 0 Å². The molecule has 0 radical (unpaired) electrons. The number of para-hydroxylation sites is 2. The zero-order valence-corrected chi connectivity index (χ0v) is 29.5. The normalized spacial score (nSPS) is 11.7. The quantitative estimate of drug-likeness (QED) is 0.171. The van der Waals surface area contributed by atoms with E-state index in [1.54, 1.807) is 0 Å². The largest absolute Gasteiger partial charge is 0.309 e. The molecule has 11 rings (SSSR count). The molecule has 0 atom stereocenters. The van der Waals surface area contributed by atoms with Crippen molar-refractivity contribution in [3.05, 3.63) is 206 Å². The summed E-state index contributed by atoms with van der Waals surface area (Å²) in [4.78, 5) is 0. The van der Waals surface area contributed by atoms with Crippen molar-refractivity contribution in [1.82, 2.24) is 9.13 Å². The van der Waals surface area contributed by atoms with Gasteiger partial charge in [0.15, 0.2) is 0 Å². The number of hydrogen-bond donors (Lipinski definition) is 0. The first-order valence-electron chi connectivity index (χ1n) is 18.6. The molecule has 0 amide bonds. The van der Waals surface area contributed by atoms with Gasteiger partial charge in [-0.1, -0.05) is 158 Å². The Labute approximate surface area is 313 Å². The van der Waals surface area contributed by atoms with Gasteiger partial charge in [-0.2, -0.15) is 0 Å². The van der Waals surface area contributed by atoms with Crippen LogP contribution < -0.4 is 0 Å². The highest BCUT2D eigenvalue weighted by Gasteiger charge is 2.21. The molecule has 252 valence electrons. The van der Waals surface area contributed by atoms with E-state index in [1.165, 1.54) is 87.8 Å². The maximum atomic E-state index is 2.47. The van der Waals surface area contributed by atoms with Crippen molar-refractivity contribution in [2.75, 3.05) is 0 Å². The van der Waals surface area contributed by atoms with E-state index < -0.39 is 0 Å². The molecule has 2 heteroatoms. The van der Waals surface area contributed by atoms with Gasteiger partial charge < -0.3 is 9.13 Å². The van der Waals surface area contributed by atoms with Crippen molar-refractivity contribution >= 4 is 54.4 Å². The van der Waals surface area contributed by atoms with Gasteiger partial charge in [0, 0.05) is 32.9 Å². The van der Waals surface area contributed by atoms with Crippen LogP contribution in [0.4, 0.5) is 0 Å². The molecule has 0 aliphatic carbocycles. The van der Waals surface area contributed by atoms with Crippen LogP contribution in [0.1, 0.15) is 0 Å². The molecule has 11 aromatic rings. The molecular weight excluding hydrogens is 653 g/mol. The summed E-state index contributed by atoms with van der Waals surface area (Å²) in [5.41, 5.74) is 14.4. The van der Waals surface area contributed by atoms with Gasteiger partial charge in [0.2, 0.25) is 0 Å². The highest BCUT2D eigenvalue weighted by atomic mass is 15.0. The maximum absolute atomic E-state index is 2.47. The highest BCUT2D eigenvalue weighted by molar-refractivity contribution is 6.26. The third-order valence-corrected chi connectivity index (χ3v) is 11.1. The average molecular weight is 687 g/mol. The van der Waals surface area contributed by atoms with Crippen molar-refractivity contribution < 1.29 is 0 Å². The second-order valence-electron chi connectivity index (χ2n) is 14.2. The van der Waals surface area contributed by atoms with Crippen molar-refractivity contribution in [2.45, 2.75) is 0 Å². The number of hydrogen-bond acceptors (Lipinski definition) is 0. The van der Waals surface area contributed by atoms with E-state index in [4.69, 9.17) is 0 Å². The minimum Gasteiger partial charge on any atom is -0.309 e. The van der Waals surface area contributed by atoms with E-state index in [0.717, 1.165) is 11.4 Å². The molecule has 0 saturated carbocycles. The van der Waals surface area contributed by atoms with E-state index in [1.807, 2.05) is 0 Å². The Morgan fingerprint density at radius 2 is 0.815 bits per heavy atom. The molecule has 0 fully saturated rings. The predicted octanol–water partition coefficient (Wildman–Crippen LogP) is 14.0. The number of rotatable bonds is 5. The fourth-order valence-corrected chi connectivity index (χ4v) is 8.54. The SMILES string of the molecule is c1ccc(-c2ccc(-c3ccc(-n4c5ccccc5c5ccc6c(c7ccccc7n6-c6cccc(-c7ccc8ccccc8c7)c6)c54)cc3)cc2)cc1. The Morgan fingerprint density at radius 3 is 1.57 bits per heavy atom. The van der Waals surface area contributed by atoms with Crippen LogP contribution in [0.25, 0.3) is 99.1 Å². The highest BCUT2D eigenvalue weighted by Crippen LogP contribution is 2.42. The number of fused-ring (bicyclic) bond motifs is 8. The molecule has 54 heavy (non-hydrogen) atoms. The lowest BCUT2D eigenvalue weighted by Gasteiger charge is -2.12. The molecule has 2 heterocycles. The van der Waals surface area contributed by atoms with Gasteiger partial charge in [-0.05, 0) is 92.7 Å². The van der Waals surface area contributed by atoms with Crippen LogP contribution in [0, 0.1) is 0 Å². The molecule has 2 nitrogen and oxygen atoms in total. The van der Waals surface area contributed by atoms with Gasteiger partial charge in [-0.15, -0.1) is 0 Å². The van der Waals surface area contributed by atoms with E-state index in [-0.39, 0.29) is 0 Å². The molecule has 0 bridgehead atoms. The fourth-order valence-electron chi connectivity index (χ4n) is 8.54. The first kappa shape index (κ1) is 30.5. The van der Waals surface area contributed by atoms with Gasteiger partial charge >= 0.3 is 0 Å². The Hall–Kier alpha value is -7.16. The second kappa shape index (κ2) is 12.2. The lowest BCUT2D eigenvalue weighted by molar-refractivity contribution is 1.17. The average Bonchev–Trinajstić information content (AvgIpc) is 3.77. The van der Waals surface area contributed by atoms with Crippen LogP contribution in [-0.4, -0.2) is 9.13 Å². The van der Waals surface area contributed by atoms with Gasteiger partial charge in [0.1, 0.15) is 0 Å². The summed E-state index contributed by atoms with van der Waals surface area (Å²) in [7, 11) is 0. The van der Waals surface area contributed by atoms with Crippen LogP contribution in [0.2, 0.25) is 0 Å². The lowest BCUT2D eigenvalue weighted by Crippen LogP contribution is -1.96. The van der Waals surface area contributed by atoms with Crippen molar-refractivity contribution in [1.29, 1.82) is 0 Å². The molecule has 0 aliphatic heterocycles. The van der Waals surface area contributed by atoms with Gasteiger partial charge in [-0.3, -0.25) is 0 Å². The molecule has 0 saturated heterocycles. The molecule has 0 N–H and O–H groups in total. The first-order valence-corrected chi connectivity index (χ1v) is 18.6. The fraction of sp³-hybridized carbons (Fsp3) is 0. The van der Waals surface area contributed by atoms with Crippen LogP contribution in [0.15, 0.2) is 206 Å². The van der Waals surface area contributed by atoms with E-state index in [0.29, 0.717) is 0 Å². The summed E-state index contributed by atoms with van der Waals surface area (Å²) in [5.74, 6) is 0. The Kier molecular flexibility index (Phi) is 6.90. The predicted molar refractivity (Wildman–Crippen MR) is 229 cm³/mol. The van der Waals surface area contributed by atoms with Crippen molar-refractivity contribution in [3.63, 3.8) is 0 Å². The smallest absolute Gasteiger partial charge is 0.0641 e. The molecule has 0 unspecified atom stereocenters. The monoisotopic (exact) mass is 686 g/mol. The lowest BCUT2D eigenvalue weighted by atomic mass is 10.0. The first-order chi connectivity index (χ1) is 26.8. The Bertz CT molecular complexity index is 3180. The molecule has 2 aromatic heterocycles. The number of nitrogens with zero attached hydrogens (tertiary/aromatic N) is 2. The molecule has 0 spiro atoms. The standard InChI is InChI=1S/C52H34N2/c1-2-11-35(12-3-1)37-21-23-38(24-22-37)39-27-29-43(30-28-39)54-48-19-8-6-17-45(48)46-31-32-50-51(52(46)54)47-18-7-9-20-49(47)53(50)44-16-10-15-41(34-44)42-26-25-36-13-4-5-14-40(36)33-42/h1-34H. The summed E-state index contributed by atoms with van der Waals surface area (Å²) in [5, 5.41) is 7.52. The van der Waals surface area contributed by atoms with E-state index >= 15 is 0 Å². The Balaban J connectivity index is 1.09. The van der Waals surface area contributed by atoms with Gasteiger partial charge in [-0.25, -0.2) is 0 Å². The summed E-state index contributed by atoms with van der Waals surface area (Å²) >= 11 is 0.